The molecule has 30 nitrogen and oxygen atoms in total. The summed E-state index contributed by atoms with van der Waals surface area (Å²) < 4.78 is 86.7. The number of carbonyl (C=O) groups is 7. The first-order valence-electron chi connectivity index (χ1n) is 31.3. The highest BCUT2D eigenvalue weighted by Gasteiger charge is 2.57. The van der Waals surface area contributed by atoms with Crippen LogP contribution >= 0.6 is 15.6 Å². The third kappa shape index (κ3) is 30.2. The highest BCUT2D eigenvalue weighted by Crippen LogP contribution is 2.61. The van der Waals surface area contributed by atoms with E-state index in [4.69, 9.17) is 46.9 Å². The molecule has 0 radical (unpaired) electrons. The van der Waals surface area contributed by atoms with Crippen LogP contribution in [0.15, 0.2) is 0 Å². The lowest BCUT2D eigenvalue weighted by Gasteiger charge is -2.49. The molecule has 0 saturated carbocycles. The quantitative estimate of drug-likeness (QED) is 0.0171. The van der Waals surface area contributed by atoms with Crippen molar-refractivity contribution in [3.05, 3.63) is 0 Å². The summed E-state index contributed by atoms with van der Waals surface area (Å²) >= 11 is 0. The number of phosphoric acid groups is 2. The van der Waals surface area contributed by atoms with E-state index in [0.29, 0.717) is 12.8 Å². The topological polar surface area (TPSA) is 433 Å². The van der Waals surface area contributed by atoms with Crippen LogP contribution in [0.4, 0.5) is 0 Å². The van der Waals surface area contributed by atoms with Crippen LogP contribution in [0.2, 0.25) is 0 Å². The monoisotopic (exact) mass is 1320 g/mol. The standard InChI is InChI=1S/C57H101N3O27P2/c1-8-10-12-14-16-18-20-22-24-26-28-30-42(65)78-32-40(81-43(66)31-29-27-25-23-21-19-17-15-13-11-9-2)33-79-88(73,74)87-89(75,76)86-56-46(60-38(6)63)48(68)51(41(82-56)34-77-39(7)64)83-55-45(59-37(5)62)49(69)52(53(85-55)54(71)72)84-57-50(70)47(67)44(35(3)80-57)58-36(4)61/h35,40-41,44-53,55-57,67-70H,8-34H2,1-7H3,(H,58,61)(H,59,62)(H,60,63)(H,71,72)(H,73,74)(H,75,76)/t35-,40-,41-,44+,45+,46-,47+,48-,49-,50-,51-,52+,53+,55-,56-,57-/m1/s1. The zero-order valence-corrected chi connectivity index (χ0v) is 54.3. The Morgan fingerprint density at radius 3 is 1.44 bits per heavy atom. The number of hydrogen-bond donors (Lipinski definition) is 10. The largest absolute Gasteiger partial charge is 0.483 e. The number of nitrogens with one attached hydrogen (secondary N) is 3. The molecule has 516 valence electrons. The molecule has 10 N–H and O–H groups in total. The van der Waals surface area contributed by atoms with Crippen molar-refractivity contribution in [1.82, 2.24) is 16.0 Å². The molecule has 0 spiro atoms. The SMILES string of the molecule is CCCCCCCCCCCCCC(=O)OC[C@H](COP(=O)(O)OP(=O)(O)O[C@H]1O[C@H](COC(C)=O)[C@@H](O[C@@H]2O[C@H](C(=O)O)[C@@H](O[C@H]3O[C@H](C)[C@H](NC(C)=O)[C@H](O)[C@H]3O)[C@H](O)[C@@H]2NC(C)=O)[C@H](O)[C@H]1NC(C)=O)OC(=O)CCCCCCCCCCCCC. The Balaban J connectivity index is 1.78. The van der Waals surface area contributed by atoms with Crippen LogP contribution in [-0.2, 0) is 93.9 Å². The first-order valence-corrected chi connectivity index (χ1v) is 34.3. The van der Waals surface area contributed by atoms with Crippen LogP contribution in [0.1, 0.15) is 203 Å². The van der Waals surface area contributed by atoms with Crippen LogP contribution in [0.5, 0.6) is 0 Å². The van der Waals surface area contributed by atoms with Crippen molar-refractivity contribution in [3.8, 4) is 0 Å². The predicted octanol–water partition coefficient (Wildman–Crippen LogP) is 4.66. The minimum absolute atomic E-state index is 0.0341. The lowest BCUT2D eigenvalue weighted by molar-refractivity contribution is -0.348. The van der Waals surface area contributed by atoms with Crippen molar-refractivity contribution in [3.63, 3.8) is 0 Å². The van der Waals surface area contributed by atoms with Crippen LogP contribution in [0, 0.1) is 0 Å². The molecule has 0 aromatic heterocycles. The lowest BCUT2D eigenvalue weighted by atomic mass is 9.93. The van der Waals surface area contributed by atoms with Crippen LogP contribution in [-0.4, -0.2) is 195 Å². The molecule has 3 amide bonds. The van der Waals surface area contributed by atoms with Crippen LogP contribution in [0.3, 0.4) is 0 Å². The Bertz CT molecular complexity index is 2250. The van der Waals surface area contributed by atoms with Crippen LogP contribution in [0.25, 0.3) is 0 Å². The van der Waals surface area contributed by atoms with E-state index in [1.54, 1.807) is 0 Å². The van der Waals surface area contributed by atoms with E-state index in [9.17, 15) is 78.0 Å². The van der Waals surface area contributed by atoms with Gasteiger partial charge in [0.05, 0.1) is 18.8 Å². The van der Waals surface area contributed by atoms with Gasteiger partial charge in [-0.15, -0.1) is 0 Å². The van der Waals surface area contributed by atoms with Crippen molar-refractivity contribution in [2.24, 2.45) is 0 Å². The van der Waals surface area contributed by atoms with Gasteiger partial charge in [-0.2, -0.15) is 4.31 Å². The molecule has 18 atom stereocenters. The number of phosphoric ester groups is 2. The number of aliphatic hydroxyl groups is 4. The summed E-state index contributed by atoms with van der Waals surface area (Å²) in [6, 6.07) is -5.09. The molecule has 3 rings (SSSR count). The van der Waals surface area contributed by atoms with E-state index in [1.165, 1.54) is 71.1 Å². The molecule has 0 aromatic rings. The molecular weight excluding hydrogens is 1220 g/mol. The number of ether oxygens (including phenoxy) is 8. The zero-order chi connectivity index (χ0) is 66.3. The fourth-order valence-corrected chi connectivity index (χ4v) is 12.6. The second kappa shape index (κ2) is 41.7. The van der Waals surface area contributed by atoms with Gasteiger partial charge in [0.1, 0.15) is 68.0 Å². The molecule has 3 aliphatic heterocycles. The summed E-state index contributed by atoms with van der Waals surface area (Å²) in [5, 5.41) is 62.8. The van der Waals surface area contributed by atoms with Gasteiger partial charge in [0.2, 0.25) is 17.7 Å². The first kappa shape index (κ1) is 79.4. The molecule has 0 aliphatic carbocycles. The van der Waals surface area contributed by atoms with Crippen molar-refractivity contribution in [2.45, 2.75) is 301 Å². The lowest BCUT2D eigenvalue weighted by Crippen LogP contribution is -2.71. The summed E-state index contributed by atoms with van der Waals surface area (Å²) in [5.41, 5.74) is 0. The Hall–Kier alpha value is -3.81. The average molecular weight is 1320 g/mol. The smallest absolute Gasteiger partial charge is 0.479 e. The predicted molar refractivity (Wildman–Crippen MR) is 313 cm³/mol. The highest BCUT2D eigenvalue weighted by molar-refractivity contribution is 7.61. The molecule has 3 heterocycles. The number of rotatable bonds is 44. The van der Waals surface area contributed by atoms with Gasteiger partial charge in [0, 0.05) is 40.5 Å². The number of carboxylic acids is 1. The van der Waals surface area contributed by atoms with E-state index >= 15 is 0 Å². The van der Waals surface area contributed by atoms with Gasteiger partial charge in [-0.1, -0.05) is 142 Å². The number of unbranched alkanes of at least 4 members (excludes halogenated alkanes) is 20. The van der Waals surface area contributed by atoms with Crippen molar-refractivity contribution in [2.75, 3.05) is 19.8 Å². The number of aliphatic hydroxyl groups excluding tert-OH is 4. The van der Waals surface area contributed by atoms with Crippen molar-refractivity contribution >= 4 is 57.2 Å². The highest BCUT2D eigenvalue weighted by atomic mass is 31.3. The Labute approximate surface area is 521 Å². The van der Waals surface area contributed by atoms with Gasteiger partial charge >= 0.3 is 39.5 Å². The maximum Gasteiger partial charge on any atom is 0.483 e. The summed E-state index contributed by atoms with van der Waals surface area (Å²) in [7, 11) is -11.8. The van der Waals surface area contributed by atoms with Crippen molar-refractivity contribution in [1.29, 1.82) is 0 Å². The number of esters is 3. The molecule has 0 aromatic carbocycles. The number of carboxylic acid groups (broad SMARTS) is 1. The average Bonchev–Trinajstić information content (AvgIpc) is 0.839. The summed E-state index contributed by atoms with van der Waals surface area (Å²) in [6.45, 7) is 7.13. The maximum atomic E-state index is 13.7. The van der Waals surface area contributed by atoms with Gasteiger partial charge in [0.15, 0.2) is 31.1 Å². The molecule has 3 aliphatic rings. The third-order valence-corrected chi connectivity index (χ3v) is 17.7. The number of amides is 3. The van der Waals surface area contributed by atoms with Gasteiger partial charge < -0.3 is 89.2 Å². The van der Waals surface area contributed by atoms with E-state index in [1.807, 2.05) is 0 Å². The molecular formula is C57H101N3O27P2. The number of aliphatic carboxylic acids is 1. The zero-order valence-electron chi connectivity index (χ0n) is 52.5. The fourth-order valence-electron chi connectivity index (χ4n) is 10.5. The van der Waals surface area contributed by atoms with E-state index in [2.05, 4.69) is 34.1 Å². The normalized spacial score (nSPS) is 28.7. The van der Waals surface area contributed by atoms with E-state index in [0.717, 1.165) is 91.9 Å². The minimum Gasteiger partial charge on any atom is -0.479 e. The molecule has 3 fully saturated rings. The van der Waals surface area contributed by atoms with Crippen LogP contribution < -0.4 is 16.0 Å². The summed E-state index contributed by atoms with van der Waals surface area (Å²) in [5.74, 6) is -6.66. The van der Waals surface area contributed by atoms with Gasteiger partial charge in [0.25, 0.3) is 0 Å². The molecule has 3 saturated heterocycles. The van der Waals surface area contributed by atoms with E-state index < -0.39 is 175 Å². The summed E-state index contributed by atoms with van der Waals surface area (Å²) in [4.78, 5) is 110. The molecule has 89 heavy (non-hydrogen) atoms. The second-order valence-electron chi connectivity index (χ2n) is 22.9. The molecule has 0 bridgehead atoms. The van der Waals surface area contributed by atoms with Crippen molar-refractivity contribution < 1.29 is 129 Å². The van der Waals surface area contributed by atoms with E-state index in [-0.39, 0.29) is 12.8 Å². The third-order valence-electron chi connectivity index (χ3n) is 15.1. The van der Waals surface area contributed by atoms with Gasteiger partial charge in [-0.25, -0.2) is 13.9 Å². The first-order chi connectivity index (χ1) is 42.1. The number of carbonyl (C=O) groups excluding carboxylic acids is 6. The Morgan fingerprint density at radius 2 is 0.955 bits per heavy atom. The molecule has 2 unspecified atom stereocenters. The molecule has 32 heteroatoms. The maximum absolute atomic E-state index is 13.7. The fraction of sp³-hybridized carbons (Fsp3) is 0.877. The summed E-state index contributed by atoms with van der Waals surface area (Å²) in [6.07, 6.45) is -2.70. The van der Waals surface area contributed by atoms with Gasteiger partial charge in [-0.3, -0.25) is 37.8 Å². The minimum atomic E-state index is -6.01. The Morgan fingerprint density at radius 1 is 0.506 bits per heavy atom. The number of hydrogen-bond acceptors (Lipinski definition) is 24. The second-order valence-corrected chi connectivity index (χ2v) is 25.9. The van der Waals surface area contributed by atoms with Gasteiger partial charge in [-0.05, 0) is 19.8 Å². The Kier molecular flexibility index (Phi) is 37.2.